The summed E-state index contributed by atoms with van der Waals surface area (Å²) in [6.07, 6.45) is -4.61. The molecule has 1 fully saturated rings. The third kappa shape index (κ3) is 3.74. The largest absolute Gasteiger partial charge is 0.453 e. The minimum absolute atomic E-state index is 0.0624. The first-order valence-electron chi connectivity index (χ1n) is 9.05. The van der Waals surface area contributed by atoms with Crippen LogP contribution in [-0.4, -0.2) is 70.1 Å². The normalized spacial score (nSPS) is 15.2. The molecule has 4 heterocycles. The average Bonchev–Trinajstić information content (AvgIpc) is 3.11. The van der Waals surface area contributed by atoms with Crippen LogP contribution >= 0.6 is 0 Å². The molecule has 9 nitrogen and oxygen atoms in total. The highest BCUT2D eigenvalue weighted by Gasteiger charge is 2.37. The summed E-state index contributed by atoms with van der Waals surface area (Å²) in [4.78, 5) is 14.9. The third-order valence-corrected chi connectivity index (χ3v) is 4.66. The van der Waals surface area contributed by atoms with Crippen LogP contribution in [0, 0.1) is 6.92 Å². The van der Waals surface area contributed by atoms with Gasteiger partial charge in [-0.1, -0.05) is 0 Å². The summed E-state index contributed by atoms with van der Waals surface area (Å²) in [6, 6.07) is 5.09. The van der Waals surface area contributed by atoms with Gasteiger partial charge in [-0.25, -0.2) is 4.98 Å². The van der Waals surface area contributed by atoms with Gasteiger partial charge in [0, 0.05) is 52.0 Å². The van der Waals surface area contributed by atoms with Gasteiger partial charge in [-0.3, -0.25) is 0 Å². The van der Waals surface area contributed by atoms with Crippen molar-refractivity contribution in [2.24, 2.45) is 0 Å². The Labute approximate surface area is 164 Å². The van der Waals surface area contributed by atoms with Gasteiger partial charge in [0.2, 0.25) is 5.95 Å². The Morgan fingerprint density at radius 3 is 2.21 bits per heavy atom. The lowest BCUT2D eigenvalue weighted by molar-refractivity contribution is -0.146. The summed E-state index contributed by atoms with van der Waals surface area (Å²) in [5.41, 5.74) is 0.938. The quantitative estimate of drug-likeness (QED) is 0.649. The second-order valence-corrected chi connectivity index (χ2v) is 7.02. The van der Waals surface area contributed by atoms with Crippen molar-refractivity contribution in [1.29, 1.82) is 0 Å². The van der Waals surface area contributed by atoms with Crippen molar-refractivity contribution >= 4 is 23.2 Å². The summed E-state index contributed by atoms with van der Waals surface area (Å²) < 4.78 is 40.0. The lowest BCUT2D eigenvalue weighted by Gasteiger charge is -2.36. The van der Waals surface area contributed by atoms with Crippen LogP contribution in [0.4, 0.5) is 30.8 Å². The highest BCUT2D eigenvalue weighted by atomic mass is 19.4. The summed E-state index contributed by atoms with van der Waals surface area (Å²) >= 11 is 0. The maximum absolute atomic E-state index is 13.1. The maximum atomic E-state index is 13.1. The molecule has 3 aromatic heterocycles. The van der Waals surface area contributed by atoms with Crippen LogP contribution in [0.25, 0.3) is 5.65 Å². The van der Waals surface area contributed by atoms with E-state index in [1.54, 1.807) is 6.07 Å². The van der Waals surface area contributed by atoms with Gasteiger partial charge in [0.25, 0.3) is 5.82 Å². The van der Waals surface area contributed by atoms with Gasteiger partial charge in [-0.15, -0.1) is 15.3 Å². The lowest BCUT2D eigenvalue weighted by Crippen LogP contribution is -2.47. The molecule has 1 aliphatic heterocycles. The molecule has 154 valence electrons. The molecule has 0 N–H and O–H groups in total. The molecule has 1 aliphatic rings. The standard InChI is InChI=1S/C17H20F3N9/c1-11-10-14(22-16(21-11)26(2)3)28-8-6-27(7-9-28)13-5-4-12-23-24-15(17(18,19)20)29(12)25-13/h4-5,10H,6-9H2,1-3H3. The molecule has 0 unspecified atom stereocenters. The third-order valence-electron chi connectivity index (χ3n) is 4.66. The van der Waals surface area contributed by atoms with Crippen LogP contribution in [0.3, 0.4) is 0 Å². The highest BCUT2D eigenvalue weighted by Crippen LogP contribution is 2.28. The van der Waals surface area contributed by atoms with E-state index in [4.69, 9.17) is 0 Å². The van der Waals surface area contributed by atoms with Gasteiger partial charge in [-0.05, 0) is 19.1 Å². The number of piperazine rings is 1. The molecule has 0 spiro atoms. The zero-order chi connectivity index (χ0) is 20.8. The summed E-state index contributed by atoms with van der Waals surface area (Å²) in [6.45, 7) is 4.45. The maximum Gasteiger partial charge on any atom is 0.453 e. The van der Waals surface area contributed by atoms with Crippen molar-refractivity contribution in [3.63, 3.8) is 0 Å². The van der Waals surface area contributed by atoms with E-state index in [9.17, 15) is 13.2 Å². The molecule has 0 aliphatic carbocycles. The Kier molecular flexibility index (Phi) is 4.63. The minimum atomic E-state index is -4.61. The second-order valence-electron chi connectivity index (χ2n) is 7.02. The van der Waals surface area contributed by atoms with Gasteiger partial charge in [0.05, 0.1) is 0 Å². The Morgan fingerprint density at radius 2 is 1.59 bits per heavy atom. The molecule has 29 heavy (non-hydrogen) atoms. The molecule has 0 atom stereocenters. The fraction of sp³-hybridized carbons (Fsp3) is 0.471. The van der Waals surface area contributed by atoms with Crippen LogP contribution in [-0.2, 0) is 6.18 Å². The van der Waals surface area contributed by atoms with Crippen molar-refractivity contribution in [2.75, 3.05) is 55.0 Å². The molecule has 1 saturated heterocycles. The molecule has 0 radical (unpaired) electrons. The zero-order valence-corrected chi connectivity index (χ0v) is 16.2. The van der Waals surface area contributed by atoms with E-state index in [2.05, 4.69) is 30.2 Å². The Morgan fingerprint density at radius 1 is 0.931 bits per heavy atom. The molecule has 0 bridgehead atoms. The molecular weight excluding hydrogens is 387 g/mol. The first kappa shape index (κ1) is 19.2. The van der Waals surface area contributed by atoms with E-state index in [1.165, 1.54) is 6.07 Å². The van der Waals surface area contributed by atoms with Crippen LogP contribution in [0.5, 0.6) is 0 Å². The number of aryl methyl sites for hydroxylation is 1. The van der Waals surface area contributed by atoms with Crippen LogP contribution < -0.4 is 14.7 Å². The summed E-state index contributed by atoms with van der Waals surface area (Å²) in [5, 5.41) is 10.9. The number of aromatic nitrogens is 6. The predicted octanol–water partition coefficient (Wildman–Crippen LogP) is 1.63. The average molecular weight is 407 g/mol. The number of rotatable bonds is 3. The Bertz CT molecular complexity index is 1020. The second kappa shape index (κ2) is 7.01. The van der Waals surface area contributed by atoms with Gasteiger partial charge in [-0.2, -0.15) is 22.7 Å². The fourth-order valence-electron chi connectivity index (χ4n) is 3.19. The number of hydrogen-bond donors (Lipinski definition) is 0. The topological polar surface area (TPSA) is 78.6 Å². The van der Waals surface area contributed by atoms with E-state index in [1.807, 2.05) is 36.9 Å². The van der Waals surface area contributed by atoms with Gasteiger partial charge < -0.3 is 14.7 Å². The molecule has 3 aromatic rings. The number of nitrogens with zero attached hydrogens (tertiary/aromatic N) is 9. The van der Waals surface area contributed by atoms with Gasteiger partial charge in [0.1, 0.15) is 11.6 Å². The molecule has 4 rings (SSSR count). The number of hydrogen-bond acceptors (Lipinski definition) is 8. The molecule has 0 saturated carbocycles. The van der Waals surface area contributed by atoms with E-state index in [-0.39, 0.29) is 5.65 Å². The first-order chi connectivity index (χ1) is 13.7. The summed E-state index contributed by atoms with van der Waals surface area (Å²) in [7, 11) is 3.77. The van der Waals surface area contributed by atoms with Gasteiger partial charge >= 0.3 is 6.18 Å². The monoisotopic (exact) mass is 407 g/mol. The fourth-order valence-corrected chi connectivity index (χ4v) is 3.19. The van der Waals surface area contributed by atoms with E-state index >= 15 is 0 Å². The minimum Gasteiger partial charge on any atom is -0.353 e. The SMILES string of the molecule is Cc1cc(N2CCN(c3ccc4nnc(C(F)(F)F)n4n3)CC2)nc(N(C)C)n1. The highest BCUT2D eigenvalue weighted by molar-refractivity contribution is 5.50. The molecule has 12 heteroatoms. The molecule has 0 amide bonds. The number of anilines is 3. The lowest BCUT2D eigenvalue weighted by atomic mass is 10.3. The molecule has 0 aromatic carbocycles. The molecular formula is C17H20F3N9. The number of alkyl halides is 3. The van der Waals surface area contributed by atoms with Crippen LogP contribution in [0.1, 0.15) is 11.5 Å². The van der Waals surface area contributed by atoms with Crippen molar-refractivity contribution in [2.45, 2.75) is 13.1 Å². The first-order valence-corrected chi connectivity index (χ1v) is 9.05. The Hall–Kier alpha value is -3.18. The summed E-state index contributed by atoms with van der Waals surface area (Å²) in [5.74, 6) is 0.806. The van der Waals surface area contributed by atoms with Crippen molar-refractivity contribution in [1.82, 2.24) is 29.8 Å². The smallest absolute Gasteiger partial charge is 0.353 e. The van der Waals surface area contributed by atoms with Crippen molar-refractivity contribution in [3.05, 3.63) is 29.7 Å². The van der Waals surface area contributed by atoms with Crippen LogP contribution in [0.15, 0.2) is 18.2 Å². The van der Waals surface area contributed by atoms with E-state index < -0.39 is 12.0 Å². The Balaban J connectivity index is 1.53. The van der Waals surface area contributed by atoms with Crippen LogP contribution in [0.2, 0.25) is 0 Å². The number of halogens is 3. The van der Waals surface area contributed by atoms with Crippen molar-refractivity contribution < 1.29 is 13.2 Å². The van der Waals surface area contributed by atoms with Gasteiger partial charge in [0.15, 0.2) is 5.65 Å². The number of fused-ring (bicyclic) bond motifs is 1. The predicted molar refractivity (Wildman–Crippen MR) is 101 cm³/mol. The van der Waals surface area contributed by atoms with Crippen molar-refractivity contribution in [3.8, 4) is 0 Å². The zero-order valence-electron chi connectivity index (χ0n) is 16.2. The van der Waals surface area contributed by atoms with E-state index in [0.29, 0.717) is 37.9 Å². The van der Waals surface area contributed by atoms with E-state index in [0.717, 1.165) is 16.0 Å².